The highest BCUT2D eigenvalue weighted by molar-refractivity contribution is 5.71. The average Bonchev–Trinajstić information content (AvgIpc) is 3.15. The van der Waals surface area contributed by atoms with Crippen molar-refractivity contribution in [3.05, 3.63) is 89.5 Å². The van der Waals surface area contributed by atoms with E-state index in [1.807, 2.05) is 48.5 Å². The number of nitrogens with zero attached hydrogens (tertiary/aromatic N) is 2. The van der Waals surface area contributed by atoms with E-state index >= 15 is 0 Å². The largest absolute Gasteiger partial charge is 0.497 e. The Morgan fingerprint density at radius 1 is 1.07 bits per heavy atom. The lowest BCUT2D eigenvalue weighted by Gasteiger charge is -2.18. The lowest BCUT2D eigenvalue weighted by Crippen LogP contribution is -2.19. The van der Waals surface area contributed by atoms with Crippen LogP contribution in [-0.4, -0.2) is 23.2 Å². The maximum Gasteiger partial charge on any atom is 0.408 e. The van der Waals surface area contributed by atoms with Gasteiger partial charge in [-0.25, -0.2) is 14.8 Å². The zero-order valence-electron chi connectivity index (χ0n) is 15.1. The van der Waals surface area contributed by atoms with Gasteiger partial charge in [0.05, 0.1) is 13.2 Å². The molecule has 6 heteroatoms. The molecule has 138 valence electrons. The molecule has 0 spiro atoms. The minimum atomic E-state index is -0.451. The van der Waals surface area contributed by atoms with Gasteiger partial charge in [-0.3, -0.25) is 0 Å². The Hall–Kier alpha value is -3.85. The first-order valence-corrected chi connectivity index (χ1v) is 8.72. The highest BCUT2D eigenvalue weighted by Crippen LogP contribution is 2.37. The molecule has 4 rings (SSSR count). The maximum atomic E-state index is 12.0. The number of ether oxygens (including phenoxy) is 2. The van der Waals surface area contributed by atoms with Gasteiger partial charge in [0.2, 0.25) is 0 Å². The number of hydrogen-bond acceptors (Lipinski definition) is 5. The van der Waals surface area contributed by atoms with E-state index in [0.29, 0.717) is 11.4 Å². The summed E-state index contributed by atoms with van der Waals surface area (Å²) in [7, 11) is 1.61. The summed E-state index contributed by atoms with van der Waals surface area (Å²) in [4.78, 5) is 19.9. The van der Waals surface area contributed by atoms with Gasteiger partial charge in [0, 0.05) is 11.8 Å². The number of amides is 1. The number of benzene rings is 2. The topological polar surface area (TPSA) is 73.3 Å². The second-order valence-electron chi connectivity index (χ2n) is 6.19. The number of nitrogens with one attached hydrogen (secondary N) is 1. The van der Waals surface area contributed by atoms with Crippen molar-refractivity contribution >= 4 is 6.09 Å². The van der Waals surface area contributed by atoms with Crippen molar-refractivity contribution in [2.75, 3.05) is 7.11 Å². The van der Waals surface area contributed by atoms with Gasteiger partial charge >= 0.3 is 6.09 Å². The van der Waals surface area contributed by atoms with Crippen molar-refractivity contribution in [1.82, 2.24) is 15.3 Å². The zero-order valence-corrected chi connectivity index (χ0v) is 15.1. The van der Waals surface area contributed by atoms with Crippen LogP contribution in [0.3, 0.4) is 0 Å². The molecule has 1 amide bonds. The quantitative estimate of drug-likeness (QED) is 0.715. The number of rotatable bonds is 3. The Balaban J connectivity index is 1.64. The van der Waals surface area contributed by atoms with E-state index in [2.05, 4.69) is 27.1 Å². The third kappa shape index (κ3) is 3.79. The summed E-state index contributed by atoms with van der Waals surface area (Å²) in [6.45, 7) is 0. The van der Waals surface area contributed by atoms with Gasteiger partial charge in [-0.05, 0) is 47.4 Å². The minimum Gasteiger partial charge on any atom is -0.497 e. The van der Waals surface area contributed by atoms with Crippen molar-refractivity contribution in [3.8, 4) is 17.6 Å². The van der Waals surface area contributed by atoms with Crippen molar-refractivity contribution in [3.63, 3.8) is 0 Å². The summed E-state index contributed by atoms with van der Waals surface area (Å²) in [5.41, 5.74) is 3.24. The molecule has 1 fully saturated rings. The third-order valence-corrected chi connectivity index (χ3v) is 4.40. The summed E-state index contributed by atoms with van der Waals surface area (Å²) >= 11 is 0. The lowest BCUT2D eigenvalue weighted by molar-refractivity contribution is 0.132. The Bertz CT molecular complexity index is 1060. The number of hydrogen-bond donors (Lipinski definition) is 1. The maximum absolute atomic E-state index is 12.0. The molecule has 1 aliphatic heterocycles. The molecule has 1 aliphatic rings. The van der Waals surface area contributed by atoms with Gasteiger partial charge in [-0.1, -0.05) is 30.2 Å². The molecule has 0 bridgehead atoms. The molecule has 1 saturated heterocycles. The summed E-state index contributed by atoms with van der Waals surface area (Å²) in [5.74, 6) is 6.82. The Morgan fingerprint density at radius 2 is 1.93 bits per heavy atom. The van der Waals surface area contributed by atoms with E-state index < -0.39 is 12.2 Å². The van der Waals surface area contributed by atoms with Gasteiger partial charge in [0.1, 0.15) is 17.8 Å². The Labute approximate surface area is 162 Å². The molecule has 0 aliphatic carbocycles. The molecule has 6 nitrogen and oxygen atoms in total. The SMILES string of the molecule is COc1cccc([C@H]2OC(=O)N[C@@H]2c2cccc(C#Cc3ccncn3)c2)c1. The summed E-state index contributed by atoms with van der Waals surface area (Å²) < 4.78 is 10.8. The second kappa shape index (κ2) is 7.80. The van der Waals surface area contributed by atoms with Crippen molar-refractivity contribution < 1.29 is 14.3 Å². The summed E-state index contributed by atoms with van der Waals surface area (Å²) in [5, 5.41) is 2.89. The molecule has 2 atom stereocenters. The van der Waals surface area contributed by atoms with E-state index in [-0.39, 0.29) is 6.04 Å². The van der Waals surface area contributed by atoms with Gasteiger partial charge in [0.25, 0.3) is 0 Å². The van der Waals surface area contributed by atoms with Gasteiger partial charge in [-0.15, -0.1) is 0 Å². The molecule has 0 saturated carbocycles. The number of carbonyl (C=O) groups excluding carboxylic acids is 1. The van der Waals surface area contributed by atoms with Crippen LogP contribution in [0.4, 0.5) is 4.79 Å². The van der Waals surface area contributed by atoms with Crippen molar-refractivity contribution in [2.24, 2.45) is 0 Å². The second-order valence-corrected chi connectivity index (χ2v) is 6.19. The first-order chi connectivity index (χ1) is 13.7. The van der Waals surface area contributed by atoms with Gasteiger partial charge < -0.3 is 14.8 Å². The van der Waals surface area contributed by atoms with E-state index in [1.165, 1.54) is 6.33 Å². The Morgan fingerprint density at radius 3 is 2.75 bits per heavy atom. The number of alkyl carbamates (subject to hydrolysis) is 1. The summed E-state index contributed by atoms with van der Waals surface area (Å²) in [6.07, 6.45) is 2.21. The predicted octanol–water partition coefficient (Wildman–Crippen LogP) is 3.41. The molecular formula is C22H17N3O3. The fourth-order valence-electron chi connectivity index (χ4n) is 3.07. The Kier molecular flexibility index (Phi) is 4.89. The molecule has 0 unspecified atom stereocenters. The number of cyclic esters (lactones) is 1. The zero-order chi connectivity index (χ0) is 19.3. The monoisotopic (exact) mass is 371 g/mol. The van der Waals surface area contributed by atoms with Gasteiger partial charge in [0.15, 0.2) is 6.10 Å². The normalized spacial score (nSPS) is 17.8. The van der Waals surface area contributed by atoms with Crippen LogP contribution in [0.2, 0.25) is 0 Å². The van der Waals surface area contributed by atoms with Gasteiger partial charge in [-0.2, -0.15) is 0 Å². The van der Waals surface area contributed by atoms with Crippen LogP contribution >= 0.6 is 0 Å². The molecule has 1 aromatic heterocycles. The van der Waals surface area contributed by atoms with Crippen molar-refractivity contribution in [1.29, 1.82) is 0 Å². The molecule has 1 N–H and O–H groups in total. The molecule has 2 aromatic carbocycles. The molecule has 3 aromatic rings. The van der Waals surface area contributed by atoms with E-state index in [1.54, 1.807) is 19.4 Å². The molecule has 2 heterocycles. The van der Waals surface area contributed by atoms with E-state index in [4.69, 9.17) is 9.47 Å². The van der Waals surface area contributed by atoms with Crippen LogP contribution in [0.5, 0.6) is 5.75 Å². The van der Waals surface area contributed by atoms with Crippen LogP contribution in [0.1, 0.15) is 34.5 Å². The smallest absolute Gasteiger partial charge is 0.408 e. The summed E-state index contributed by atoms with van der Waals surface area (Å²) in [6, 6.07) is 16.7. The van der Waals surface area contributed by atoms with Crippen LogP contribution in [0.25, 0.3) is 0 Å². The molecule has 0 radical (unpaired) electrons. The number of carbonyl (C=O) groups is 1. The van der Waals surface area contributed by atoms with Crippen LogP contribution < -0.4 is 10.1 Å². The highest BCUT2D eigenvalue weighted by atomic mass is 16.6. The highest BCUT2D eigenvalue weighted by Gasteiger charge is 2.36. The van der Waals surface area contributed by atoms with E-state index in [0.717, 1.165) is 16.7 Å². The molecular weight excluding hydrogens is 354 g/mol. The average molecular weight is 371 g/mol. The number of methoxy groups -OCH3 is 1. The standard InChI is InChI=1S/C22H17N3O3/c1-27-19-7-3-6-17(13-19)21-20(25-22(26)28-21)16-5-2-4-15(12-16)8-9-18-10-11-23-14-24-18/h2-7,10-14,20-21H,1H3,(H,25,26)/t20-,21-/m1/s1. The predicted molar refractivity (Wildman–Crippen MR) is 103 cm³/mol. The van der Waals surface area contributed by atoms with E-state index in [9.17, 15) is 4.79 Å². The first-order valence-electron chi connectivity index (χ1n) is 8.72. The fourth-order valence-corrected chi connectivity index (χ4v) is 3.07. The number of aromatic nitrogens is 2. The van der Waals surface area contributed by atoms with Crippen LogP contribution in [-0.2, 0) is 4.74 Å². The molecule has 28 heavy (non-hydrogen) atoms. The minimum absolute atomic E-state index is 0.319. The van der Waals surface area contributed by atoms with Crippen LogP contribution in [0, 0.1) is 11.8 Å². The third-order valence-electron chi connectivity index (χ3n) is 4.40. The fraction of sp³-hybridized carbons (Fsp3) is 0.136. The van der Waals surface area contributed by atoms with Crippen LogP contribution in [0.15, 0.2) is 67.1 Å². The van der Waals surface area contributed by atoms with Crippen molar-refractivity contribution in [2.45, 2.75) is 12.1 Å². The first kappa shape index (κ1) is 17.6. The lowest BCUT2D eigenvalue weighted by atomic mass is 9.95.